The van der Waals surface area contributed by atoms with Gasteiger partial charge in [-0.15, -0.1) is 0 Å². The van der Waals surface area contributed by atoms with E-state index in [-0.39, 0.29) is 6.04 Å². The van der Waals surface area contributed by atoms with E-state index in [4.69, 9.17) is 5.21 Å². The van der Waals surface area contributed by atoms with Gasteiger partial charge < -0.3 is 15.6 Å². The lowest BCUT2D eigenvalue weighted by molar-refractivity contribution is 0.0663. The number of piperidine rings is 1. The summed E-state index contributed by atoms with van der Waals surface area (Å²) in [5.74, 6) is 0. The lowest BCUT2D eigenvalue weighted by Gasteiger charge is -2.36. The molecule has 0 amide bonds. The number of nitrogens with one attached hydrogen (secondary N) is 1. The van der Waals surface area contributed by atoms with E-state index in [1.54, 1.807) is 6.92 Å². The third-order valence-corrected chi connectivity index (χ3v) is 3.51. The lowest BCUT2D eigenvalue weighted by Crippen LogP contribution is -2.51. The van der Waals surface area contributed by atoms with Crippen molar-refractivity contribution in [3.8, 4) is 0 Å². The van der Waals surface area contributed by atoms with Crippen molar-refractivity contribution in [1.82, 2.24) is 5.32 Å². The SMILES string of the molecule is C/C(=N\O)C1(O)CC[C@@H](c2ccccc2)NC1. The van der Waals surface area contributed by atoms with Crippen LogP contribution in [0.2, 0.25) is 0 Å². The van der Waals surface area contributed by atoms with Gasteiger partial charge in [-0.1, -0.05) is 35.5 Å². The van der Waals surface area contributed by atoms with Gasteiger partial charge in [-0.25, -0.2) is 0 Å². The lowest BCUT2D eigenvalue weighted by atomic mass is 9.85. The van der Waals surface area contributed by atoms with Crippen LogP contribution in [-0.2, 0) is 0 Å². The molecule has 1 aromatic rings. The number of β-amino-alcohol motifs (C(OH)–C–C–N with tert-alkyl or cyclic N) is 1. The molecule has 2 atom stereocenters. The molecule has 0 saturated carbocycles. The average molecular weight is 234 g/mol. The number of oxime groups is 1. The summed E-state index contributed by atoms with van der Waals surface area (Å²) in [6.07, 6.45) is 1.43. The second-order valence-electron chi connectivity index (χ2n) is 4.60. The molecule has 1 aliphatic rings. The van der Waals surface area contributed by atoms with Crippen LogP contribution >= 0.6 is 0 Å². The van der Waals surface area contributed by atoms with Crippen LogP contribution in [0.3, 0.4) is 0 Å². The van der Waals surface area contributed by atoms with Crippen LogP contribution in [0.1, 0.15) is 31.4 Å². The summed E-state index contributed by atoms with van der Waals surface area (Å²) in [4.78, 5) is 0. The molecule has 4 nitrogen and oxygen atoms in total. The van der Waals surface area contributed by atoms with Crippen LogP contribution in [0.5, 0.6) is 0 Å². The third-order valence-electron chi connectivity index (χ3n) is 3.51. The molecule has 92 valence electrons. The predicted molar refractivity (Wildman–Crippen MR) is 66.3 cm³/mol. The van der Waals surface area contributed by atoms with Crippen molar-refractivity contribution in [1.29, 1.82) is 0 Å². The van der Waals surface area contributed by atoms with Crippen molar-refractivity contribution in [3.05, 3.63) is 35.9 Å². The number of hydrogen-bond donors (Lipinski definition) is 3. The van der Waals surface area contributed by atoms with Gasteiger partial charge in [0.25, 0.3) is 0 Å². The van der Waals surface area contributed by atoms with Crippen molar-refractivity contribution < 1.29 is 10.3 Å². The number of aliphatic hydroxyl groups is 1. The third kappa shape index (κ3) is 2.48. The van der Waals surface area contributed by atoms with Crippen molar-refractivity contribution in [2.24, 2.45) is 5.16 Å². The maximum atomic E-state index is 10.3. The van der Waals surface area contributed by atoms with E-state index in [2.05, 4.69) is 22.6 Å². The molecule has 0 spiro atoms. The van der Waals surface area contributed by atoms with Gasteiger partial charge in [0.05, 0.1) is 5.71 Å². The minimum absolute atomic E-state index is 0.267. The number of hydrogen-bond acceptors (Lipinski definition) is 4. The maximum absolute atomic E-state index is 10.3. The molecule has 1 saturated heterocycles. The molecule has 3 N–H and O–H groups in total. The van der Waals surface area contributed by atoms with Gasteiger partial charge in [0.15, 0.2) is 0 Å². The first-order valence-corrected chi connectivity index (χ1v) is 5.85. The van der Waals surface area contributed by atoms with Gasteiger partial charge in [0.2, 0.25) is 0 Å². The fraction of sp³-hybridized carbons (Fsp3) is 0.462. The van der Waals surface area contributed by atoms with Gasteiger partial charge in [0.1, 0.15) is 5.60 Å². The van der Waals surface area contributed by atoms with Gasteiger partial charge in [-0.2, -0.15) is 0 Å². The Morgan fingerprint density at radius 1 is 1.41 bits per heavy atom. The molecule has 1 aromatic carbocycles. The van der Waals surface area contributed by atoms with Crippen LogP contribution in [0.15, 0.2) is 35.5 Å². The molecule has 4 heteroatoms. The number of benzene rings is 1. The van der Waals surface area contributed by atoms with E-state index in [1.807, 2.05) is 18.2 Å². The minimum Gasteiger partial charge on any atom is -0.411 e. The first-order chi connectivity index (χ1) is 8.15. The highest BCUT2D eigenvalue weighted by Crippen LogP contribution is 2.28. The first kappa shape index (κ1) is 12.1. The summed E-state index contributed by atoms with van der Waals surface area (Å²) < 4.78 is 0. The zero-order valence-electron chi connectivity index (χ0n) is 9.93. The second kappa shape index (κ2) is 4.85. The Morgan fingerprint density at radius 3 is 2.65 bits per heavy atom. The van der Waals surface area contributed by atoms with Crippen LogP contribution in [0, 0.1) is 0 Å². The molecule has 17 heavy (non-hydrogen) atoms. The Bertz CT molecular complexity index is 395. The van der Waals surface area contributed by atoms with E-state index in [0.29, 0.717) is 18.7 Å². The number of nitrogens with zero attached hydrogens (tertiary/aromatic N) is 1. The fourth-order valence-electron chi connectivity index (χ4n) is 2.24. The van der Waals surface area contributed by atoms with Crippen LogP contribution in [-0.4, -0.2) is 28.2 Å². The quantitative estimate of drug-likeness (QED) is 0.414. The summed E-state index contributed by atoms with van der Waals surface area (Å²) in [5, 5.41) is 25.4. The zero-order chi connectivity index (χ0) is 12.3. The van der Waals surface area contributed by atoms with Gasteiger partial charge >= 0.3 is 0 Å². The fourth-order valence-corrected chi connectivity index (χ4v) is 2.24. The maximum Gasteiger partial charge on any atom is 0.118 e. The summed E-state index contributed by atoms with van der Waals surface area (Å²) in [7, 11) is 0. The molecule has 1 heterocycles. The predicted octanol–water partition coefficient (Wildman–Crippen LogP) is 1.69. The van der Waals surface area contributed by atoms with Crippen molar-refractivity contribution in [2.45, 2.75) is 31.4 Å². The summed E-state index contributed by atoms with van der Waals surface area (Å²) in [6, 6.07) is 10.4. The molecule has 2 rings (SSSR count). The smallest absolute Gasteiger partial charge is 0.118 e. The van der Waals surface area contributed by atoms with E-state index >= 15 is 0 Å². The Morgan fingerprint density at radius 2 is 2.12 bits per heavy atom. The molecular formula is C13H18N2O2. The molecule has 0 bridgehead atoms. The zero-order valence-corrected chi connectivity index (χ0v) is 9.93. The molecular weight excluding hydrogens is 216 g/mol. The number of rotatable bonds is 2. The van der Waals surface area contributed by atoms with E-state index in [9.17, 15) is 5.11 Å². The van der Waals surface area contributed by atoms with E-state index in [1.165, 1.54) is 5.56 Å². The van der Waals surface area contributed by atoms with Gasteiger partial charge in [-0.3, -0.25) is 0 Å². The minimum atomic E-state index is -1.01. The van der Waals surface area contributed by atoms with Crippen LogP contribution < -0.4 is 5.32 Å². The van der Waals surface area contributed by atoms with Crippen molar-refractivity contribution in [3.63, 3.8) is 0 Å². The van der Waals surface area contributed by atoms with Crippen LogP contribution in [0.25, 0.3) is 0 Å². The standard InChI is InChI=1S/C13H18N2O2/c1-10(15-17)13(16)8-7-12(14-9-13)11-5-3-2-4-6-11/h2-6,12,14,16-17H,7-9H2,1H3/b15-10+/t12-,13?/m0/s1. The summed E-state index contributed by atoms with van der Waals surface area (Å²) in [5.41, 5.74) is 0.588. The summed E-state index contributed by atoms with van der Waals surface area (Å²) in [6.45, 7) is 2.06. The Balaban J connectivity index is 2.04. The highest BCUT2D eigenvalue weighted by Gasteiger charge is 2.36. The molecule has 0 aliphatic carbocycles. The summed E-state index contributed by atoms with van der Waals surface area (Å²) >= 11 is 0. The average Bonchev–Trinajstić information content (AvgIpc) is 2.39. The van der Waals surface area contributed by atoms with Crippen molar-refractivity contribution >= 4 is 5.71 Å². The molecule has 0 radical (unpaired) electrons. The normalized spacial score (nSPS) is 30.2. The Labute approximate surface area is 101 Å². The molecule has 1 fully saturated rings. The van der Waals surface area contributed by atoms with Crippen LogP contribution in [0.4, 0.5) is 0 Å². The monoisotopic (exact) mass is 234 g/mol. The largest absolute Gasteiger partial charge is 0.411 e. The highest BCUT2D eigenvalue weighted by atomic mass is 16.4. The topological polar surface area (TPSA) is 64.9 Å². The molecule has 1 aliphatic heterocycles. The van der Waals surface area contributed by atoms with E-state index < -0.39 is 5.60 Å². The molecule has 1 unspecified atom stereocenters. The highest BCUT2D eigenvalue weighted by molar-refractivity contribution is 5.90. The van der Waals surface area contributed by atoms with Gasteiger partial charge in [0, 0.05) is 12.6 Å². The van der Waals surface area contributed by atoms with Crippen molar-refractivity contribution in [2.75, 3.05) is 6.54 Å². The Kier molecular flexibility index (Phi) is 3.45. The Hall–Kier alpha value is -1.39. The first-order valence-electron chi connectivity index (χ1n) is 5.85. The molecule has 0 aromatic heterocycles. The second-order valence-corrected chi connectivity index (χ2v) is 4.60. The van der Waals surface area contributed by atoms with E-state index in [0.717, 1.165) is 6.42 Å². The van der Waals surface area contributed by atoms with Gasteiger partial charge in [-0.05, 0) is 25.3 Å².